The van der Waals surface area contributed by atoms with E-state index < -0.39 is 22.5 Å². The zero-order valence-electron chi connectivity index (χ0n) is 20.2. The summed E-state index contributed by atoms with van der Waals surface area (Å²) in [5, 5.41) is 11.6. The van der Waals surface area contributed by atoms with Gasteiger partial charge in [-0.05, 0) is 60.7 Å². The Kier molecular flexibility index (Phi) is 7.89. The number of aromatic nitrogens is 2. The molecule has 0 aliphatic carbocycles. The van der Waals surface area contributed by atoms with Crippen LogP contribution in [0.15, 0.2) is 77.7 Å². The summed E-state index contributed by atoms with van der Waals surface area (Å²) < 4.78 is 44.0. The topological polar surface area (TPSA) is 120 Å². The van der Waals surface area contributed by atoms with Gasteiger partial charge in [0, 0.05) is 5.56 Å². The van der Waals surface area contributed by atoms with Crippen molar-refractivity contribution in [3.05, 3.63) is 72.8 Å². The average Bonchev–Trinajstić information content (AvgIpc) is 3.40. The van der Waals surface area contributed by atoms with Gasteiger partial charge in [-0.15, -0.1) is 10.2 Å². The summed E-state index contributed by atoms with van der Waals surface area (Å²) in [6, 6.07) is 19.7. The molecule has 0 spiro atoms. The highest BCUT2D eigenvalue weighted by molar-refractivity contribution is 7.92. The molecule has 0 bridgehead atoms. The van der Waals surface area contributed by atoms with Crippen molar-refractivity contribution in [3.8, 4) is 27.8 Å². The van der Waals surface area contributed by atoms with Crippen LogP contribution >= 0.6 is 11.3 Å². The maximum atomic E-state index is 13.6. The van der Waals surface area contributed by atoms with Crippen molar-refractivity contribution < 1.29 is 27.4 Å². The van der Waals surface area contributed by atoms with Crippen LogP contribution in [0.1, 0.15) is 0 Å². The monoisotopic (exact) mass is 540 g/mol. The molecule has 0 aliphatic heterocycles. The number of anilines is 2. The number of nitrogens with zero attached hydrogens (tertiary/aromatic N) is 3. The van der Waals surface area contributed by atoms with Crippen LogP contribution < -0.4 is 23.8 Å². The Balaban J connectivity index is 1.60. The number of carbonyl (C=O) groups is 1. The number of methoxy groups -OCH3 is 3. The summed E-state index contributed by atoms with van der Waals surface area (Å²) in [6.45, 7) is -0.522. The van der Waals surface area contributed by atoms with Gasteiger partial charge in [0.2, 0.25) is 11.0 Å². The van der Waals surface area contributed by atoms with Gasteiger partial charge in [-0.3, -0.25) is 14.4 Å². The van der Waals surface area contributed by atoms with Crippen molar-refractivity contribution in [1.29, 1.82) is 0 Å². The third-order valence-corrected chi connectivity index (χ3v) is 7.96. The highest BCUT2D eigenvalue weighted by Gasteiger charge is 2.29. The molecule has 192 valence electrons. The van der Waals surface area contributed by atoms with Gasteiger partial charge < -0.3 is 14.2 Å². The quantitative estimate of drug-likeness (QED) is 0.320. The number of para-hydroxylation sites is 2. The van der Waals surface area contributed by atoms with E-state index in [1.807, 2.05) is 12.1 Å². The number of nitrogens with one attached hydrogen (secondary N) is 1. The predicted molar refractivity (Wildman–Crippen MR) is 141 cm³/mol. The number of rotatable bonds is 10. The Morgan fingerprint density at radius 2 is 1.49 bits per heavy atom. The minimum atomic E-state index is -4.15. The van der Waals surface area contributed by atoms with Crippen molar-refractivity contribution in [2.45, 2.75) is 4.90 Å². The molecule has 1 aromatic heterocycles. The first-order chi connectivity index (χ1) is 17.8. The highest BCUT2D eigenvalue weighted by atomic mass is 32.2. The van der Waals surface area contributed by atoms with Crippen molar-refractivity contribution in [2.24, 2.45) is 0 Å². The molecule has 0 aliphatic rings. The Bertz CT molecular complexity index is 1470. The molecule has 0 atom stereocenters. The first kappa shape index (κ1) is 25.9. The summed E-state index contributed by atoms with van der Waals surface area (Å²) in [6.07, 6.45) is 0. The van der Waals surface area contributed by atoms with Gasteiger partial charge >= 0.3 is 0 Å². The lowest BCUT2D eigenvalue weighted by atomic mass is 10.2. The molecule has 37 heavy (non-hydrogen) atoms. The van der Waals surface area contributed by atoms with Crippen LogP contribution in [0, 0.1) is 0 Å². The Hall–Kier alpha value is -4.16. The summed E-state index contributed by atoms with van der Waals surface area (Å²) >= 11 is 1.16. The number of benzene rings is 3. The maximum absolute atomic E-state index is 13.6. The van der Waals surface area contributed by atoms with Crippen LogP contribution in [0.4, 0.5) is 10.8 Å². The average molecular weight is 541 g/mol. The van der Waals surface area contributed by atoms with Crippen molar-refractivity contribution >= 4 is 38.1 Å². The number of ether oxygens (including phenoxy) is 3. The Labute approximate surface area is 218 Å². The molecule has 1 N–H and O–H groups in total. The number of sulfonamides is 1. The van der Waals surface area contributed by atoms with Crippen molar-refractivity contribution in [3.63, 3.8) is 0 Å². The SMILES string of the molecule is COc1ccc(-c2nnc(NC(=O)CN(c3ccccc3OC)S(=O)(=O)c3ccc(OC)cc3)s2)cc1. The van der Waals surface area contributed by atoms with Crippen molar-refractivity contribution in [2.75, 3.05) is 37.5 Å². The normalized spacial score (nSPS) is 11.0. The van der Waals surface area contributed by atoms with E-state index in [-0.39, 0.29) is 15.7 Å². The van der Waals surface area contributed by atoms with Crippen LogP contribution in [-0.4, -0.2) is 52.4 Å². The molecule has 12 heteroatoms. The van der Waals surface area contributed by atoms with Gasteiger partial charge in [0.25, 0.3) is 10.0 Å². The van der Waals surface area contributed by atoms with E-state index >= 15 is 0 Å². The fourth-order valence-electron chi connectivity index (χ4n) is 3.42. The lowest BCUT2D eigenvalue weighted by molar-refractivity contribution is -0.114. The fraction of sp³-hybridized carbons (Fsp3) is 0.160. The summed E-state index contributed by atoms with van der Waals surface area (Å²) in [5.41, 5.74) is 1.02. The van der Waals surface area contributed by atoms with Gasteiger partial charge in [-0.2, -0.15) is 0 Å². The fourth-order valence-corrected chi connectivity index (χ4v) is 5.62. The number of hydrogen-bond donors (Lipinski definition) is 1. The Morgan fingerprint density at radius 1 is 0.865 bits per heavy atom. The molecular weight excluding hydrogens is 516 g/mol. The smallest absolute Gasteiger partial charge is 0.264 e. The molecule has 0 fully saturated rings. The van der Waals surface area contributed by atoms with Crippen LogP contribution in [0.5, 0.6) is 17.2 Å². The zero-order chi connectivity index (χ0) is 26.4. The van der Waals surface area contributed by atoms with Gasteiger partial charge in [-0.25, -0.2) is 8.42 Å². The second-order valence-electron chi connectivity index (χ2n) is 7.55. The first-order valence-electron chi connectivity index (χ1n) is 10.9. The number of amides is 1. The van der Waals surface area contributed by atoms with Crippen LogP contribution in [0.25, 0.3) is 10.6 Å². The standard InChI is InChI=1S/C25H24N4O6S2/c1-33-18-10-8-17(9-11-18)24-27-28-25(36-24)26-23(30)16-29(21-6-4-5-7-22(21)35-3)37(31,32)20-14-12-19(34-2)13-15-20/h4-15H,16H2,1-3H3,(H,26,28,30). The molecule has 10 nitrogen and oxygen atoms in total. The summed E-state index contributed by atoms with van der Waals surface area (Å²) in [7, 11) is 0.347. The van der Waals surface area contributed by atoms with Gasteiger partial charge in [-0.1, -0.05) is 23.5 Å². The second-order valence-corrected chi connectivity index (χ2v) is 10.4. The molecule has 0 saturated carbocycles. The van der Waals surface area contributed by atoms with Crippen LogP contribution in [0.3, 0.4) is 0 Å². The highest BCUT2D eigenvalue weighted by Crippen LogP contribution is 2.33. The number of hydrogen-bond acceptors (Lipinski definition) is 9. The Morgan fingerprint density at radius 3 is 2.11 bits per heavy atom. The maximum Gasteiger partial charge on any atom is 0.264 e. The first-order valence-corrected chi connectivity index (χ1v) is 13.2. The van der Waals surface area contributed by atoms with E-state index in [0.29, 0.717) is 22.3 Å². The minimum absolute atomic E-state index is 0.00952. The van der Waals surface area contributed by atoms with E-state index in [0.717, 1.165) is 21.2 Å². The molecule has 4 aromatic rings. The lowest BCUT2D eigenvalue weighted by Gasteiger charge is -2.25. The van der Waals surface area contributed by atoms with E-state index in [9.17, 15) is 13.2 Å². The predicted octanol–water partition coefficient (Wildman–Crippen LogP) is 4.06. The molecule has 1 heterocycles. The van der Waals surface area contributed by atoms with Crippen molar-refractivity contribution in [1.82, 2.24) is 10.2 Å². The van der Waals surface area contributed by atoms with E-state index in [1.165, 1.54) is 38.5 Å². The molecular formula is C25H24N4O6S2. The molecule has 0 saturated heterocycles. The lowest BCUT2D eigenvalue weighted by Crippen LogP contribution is -2.38. The minimum Gasteiger partial charge on any atom is -0.497 e. The van der Waals surface area contributed by atoms with Gasteiger partial charge in [0.05, 0.1) is 31.9 Å². The summed E-state index contributed by atoms with van der Waals surface area (Å²) in [4.78, 5) is 13.0. The second kappa shape index (κ2) is 11.3. The molecule has 1 amide bonds. The number of carbonyl (C=O) groups excluding carboxylic acids is 1. The summed E-state index contributed by atoms with van der Waals surface area (Å²) in [5.74, 6) is 0.909. The van der Waals surface area contributed by atoms with Gasteiger partial charge in [0.15, 0.2) is 0 Å². The van der Waals surface area contributed by atoms with E-state index in [2.05, 4.69) is 15.5 Å². The molecule has 3 aromatic carbocycles. The zero-order valence-corrected chi connectivity index (χ0v) is 21.9. The third kappa shape index (κ3) is 5.81. The largest absolute Gasteiger partial charge is 0.497 e. The van der Waals surface area contributed by atoms with Crippen LogP contribution in [0.2, 0.25) is 0 Å². The third-order valence-electron chi connectivity index (χ3n) is 5.30. The van der Waals surface area contributed by atoms with Gasteiger partial charge in [0.1, 0.15) is 28.8 Å². The van der Waals surface area contributed by atoms with E-state index in [1.54, 1.807) is 43.5 Å². The molecule has 4 rings (SSSR count). The molecule has 0 radical (unpaired) electrons. The molecule has 0 unspecified atom stereocenters. The van der Waals surface area contributed by atoms with E-state index in [4.69, 9.17) is 14.2 Å². The van der Waals surface area contributed by atoms with Crippen LogP contribution in [-0.2, 0) is 14.8 Å².